The standard InChI is InChI=1S/C13H15NO2/c1-10(11(2)15)9-12-5-3-4-6-13(12)16-8-7-14/h3-6,9,11,15H,8H2,1-2H3/b10-9+. The minimum atomic E-state index is -0.482. The van der Waals surface area contributed by atoms with E-state index in [1.807, 2.05) is 37.3 Å². The lowest BCUT2D eigenvalue weighted by Gasteiger charge is -2.08. The maximum Gasteiger partial charge on any atom is 0.174 e. The number of nitriles is 1. The van der Waals surface area contributed by atoms with Crippen LogP contribution in [-0.2, 0) is 0 Å². The number of aliphatic hydroxyl groups excluding tert-OH is 1. The van der Waals surface area contributed by atoms with Gasteiger partial charge < -0.3 is 9.84 Å². The minimum Gasteiger partial charge on any atom is -0.478 e. The molecule has 0 aliphatic heterocycles. The first-order valence-corrected chi connectivity index (χ1v) is 5.10. The lowest BCUT2D eigenvalue weighted by Crippen LogP contribution is -2.01. The number of nitrogens with zero attached hydrogens (tertiary/aromatic N) is 1. The maximum absolute atomic E-state index is 9.39. The van der Waals surface area contributed by atoms with Gasteiger partial charge >= 0.3 is 0 Å². The highest BCUT2D eigenvalue weighted by atomic mass is 16.5. The van der Waals surface area contributed by atoms with Crippen molar-refractivity contribution in [3.05, 3.63) is 35.4 Å². The second kappa shape index (κ2) is 5.94. The van der Waals surface area contributed by atoms with E-state index < -0.39 is 6.10 Å². The zero-order valence-electron chi connectivity index (χ0n) is 9.47. The second-order valence-electron chi connectivity index (χ2n) is 3.55. The molecular formula is C13H15NO2. The summed E-state index contributed by atoms with van der Waals surface area (Å²) in [5, 5.41) is 17.8. The fourth-order valence-electron chi connectivity index (χ4n) is 1.21. The average Bonchev–Trinajstić information content (AvgIpc) is 2.27. The zero-order chi connectivity index (χ0) is 12.0. The van der Waals surface area contributed by atoms with Gasteiger partial charge in [0.1, 0.15) is 11.8 Å². The lowest BCUT2D eigenvalue weighted by atomic mass is 10.1. The summed E-state index contributed by atoms with van der Waals surface area (Å²) in [7, 11) is 0. The molecule has 0 spiro atoms. The molecule has 0 radical (unpaired) electrons. The molecule has 0 saturated heterocycles. The van der Waals surface area contributed by atoms with E-state index in [1.165, 1.54) is 0 Å². The third-order valence-electron chi connectivity index (χ3n) is 2.25. The molecule has 0 amide bonds. The highest BCUT2D eigenvalue weighted by molar-refractivity contribution is 5.59. The van der Waals surface area contributed by atoms with Crippen molar-refractivity contribution in [1.82, 2.24) is 0 Å². The first kappa shape index (κ1) is 12.3. The van der Waals surface area contributed by atoms with Gasteiger partial charge in [-0.05, 0) is 31.6 Å². The van der Waals surface area contributed by atoms with Gasteiger partial charge in [0.2, 0.25) is 0 Å². The Morgan fingerprint density at radius 1 is 1.56 bits per heavy atom. The van der Waals surface area contributed by atoms with E-state index >= 15 is 0 Å². The molecule has 0 aliphatic carbocycles. The van der Waals surface area contributed by atoms with Crippen LogP contribution >= 0.6 is 0 Å². The average molecular weight is 217 g/mol. The van der Waals surface area contributed by atoms with Crippen molar-refractivity contribution in [1.29, 1.82) is 5.26 Å². The Morgan fingerprint density at radius 3 is 2.88 bits per heavy atom. The number of hydrogen-bond donors (Lipinski definition) is 1. The molecule has 1 unspecified atom stereocenters. The number of hydrogen-bond acceptors (Lipinski definition) is 3. The van der Waals surface area contributed by atoms with E-state index in [1.54, 1.807) is 13.0 Å². The van der Waals surface area contributed by atoms with Crippen LogP contribution in [0.15, 0.2) is 29.8 Å². The predicted octanol–water partition coefficient (Wildman–Crippen LogP) is 2.37. The maximum atomic E-state index is 9.39. The van der Waals surface area contributed by atoms with Gasteiger partial charge in [-0.15, -0.1) is 0 Å². The number of ether oxygens (including phenoxy) is 1. The third-order valence-corrected chi connectivity index (χ3v) is 2.25. The number of para-hydroxylation sites is 1. The quantitative estimate of drug-likeness (QED) is 0.842. The monoisotopic (exact) mass is 217 g/mol. The van der Waals surface area contributed by atoms with Gasteiger partial charge in [0.15, 0.2) is 6.61 Å². The van der Waals surface area contributed by atoms with Crippen LogP contribution in [0.1, 0.15) is 19.4 Å². The molecular weight excluding hydrogens is 202 g/mol. The zero-order valence-corrected chi connectivity index (χ0v) is 9.47. The molecule has 1 rings (SSSR count). The first-order valence-electron chi connectivity index (χ1n) is 5.10. The Labute approximate surface area is 95.6 Å². The Hall–Kier alpha value is -1.79. The van der Waals surface area contributed by atoms with E-state index in [0.29, 0.717) is 5.75 Å². The fourth-order valence-corrected chi connectivity index (χ4v) is 1.21. The molecule has 1 aromatic carbocycles. The van der Waals surface area contributed by atoms with Crippen LogP contribution in [0.25, 0.3) is 6.08 Å². The van der Waals surface area contributed by atoms with E-state index in [-0.39, 0.29) is 6.61 Å². The minimum absolute atomic E-state index is 0.0264. The van der Waals surface area contributed by atoms with E-state index in [0.717, 1.165) is 11.1 Å². The molecule has 0 aliphatic rings. The van der Waals surface area contributed by atoms with Crippen LogP contribution in [0.3, 0.4) is 0 Å². The number of aliphatic hydroxyl groups is 1. The molecule has 1 aromatic rings. The highest BCUT2D eigenvalue weighted by Gasteiger charge is 2.03. The molecule has 3 heteroatoms. The van der Waals surface area contributed by atoms with Gasteiger partial charge in [-0.3, -0.25) is 0 Å². The number of benzene rings is 1. The van der Waals surface area contributed by atoms with Gasteiger partial charge in [0.05, 0.1) is 6.10 Å². The van der Waals surface area contributed by atoms with Crippen LogP contribution in [0.4, 0.5) is 0 Å². The summed E-state index contributed by atoms with van der Waals surface area (Å²) in [6, 6.07) is 9.36. The highest BCUT2D eigenvalue weighted by Crippen LogP contribution is 2.21. The van der Waals surface area contributed by atoms with Crippen LogP contribution < -0.4 is 4.74 Å². The van der Waals surface area contributed by atoms with Gasteiger partial charge in [-0.1, -0.05) is 18.2 Å². The number of rotatable bonds is 4. The molecule has 84 valence electrons. The van der Waals surface area contributed by atoms with Crippen LogP contribution in [-0.4, -0.2) is 17.8 Å². The molecule has 3 nitrogen and oxygen atoms in total. The van der Waals surface area contributed by atoms with Gasteiger partial charge in [-0.25, -0.2) is 0 Å². The predicted molar refractivity (Wildman–Crippen MR) is 62.9 cm³/mol. The van der Waals surface area contributed by atoms with E-state index in [2.05, 4.69) is 0 Å². The summed E-state index contributed by atoms with van der Waals surface area (Å²) in [4.78, 5) is 0. The van der Waals surface area contributed by atoms with Crippen molar-refractivity contribution in [3.63, 3.8) is 0 Å². The second-order valence-corrected chi connectivity index (χ2v) is 3.55. The molecule has 1 N–H and O–H groups in total. The van der Waals surface area contributed by atoms with Crippen molar-refractivity contribution in [2.24, 2.45) is 0 Å². The van der Waals surface area contributed by atoms with E-state index in [9.17, 15) is 5.11 Å². The van der Waals surface area contributed by atoms with Crippen molar-refractivity contribution >= 4 is 6.08 Å². The first-order chi connectivity index (χ1) is 7.65. The summed E-state index contributed by atoms with van der Waals surface area (Å²) < 4.78 is 5.28. The van der Waals surface area contributed by atoms with E-state index in [4.69, 9.17) is 10.00 Å². The Bertz CT molecular complexity index is 416. The smallest absolute Gasteiger partial charge is 0.174 e. The summed E-state index contributed by atoms with van der Waals surface area (Å²) in [6.45, 7) is 3.59. The SMILES string of the molecule is C/C(=C\c1ccccc1OCC#N)C(C)O. The Morgan fingerprint density at radius 2 is 2.25 bits per heavy atom. The third kappa shape index (κ3) is 3.41. The van der Waals surface area contributed by atoms with Crippen LogP contribution in [0.5, 0.6) is 5.75 Å². The summed E-state index contributed by atoms with van der Waals surface area (Å²) in [6.07, 6.45) is 1.38. The molecule has 0 bridgehead atoms. The summed E-state index contributed by atoms with van der Waals surface area (Å²) >= 11 is 0. The summed E-state index contributed by atoms with van der Waals surface area (Å²) in [5.41, 5.74) is 1.73. The van der Waals surface area contributed by atoms with Gasteiger partial charge in [0, 0.05) is 5.56 Å². The topological polar surface area (TPSA) is 53.2 Å². The van der Waals surface area contributed by atoms with Crippen molar-refractivity contribution in [3.8, 4) is 11.8 Å². The molecule has 16 heavy (non-hydrogen) atoms. The Kier molecular flexibility index (Phi) is 4.56. The molecule has 0 saturated carbocycles. The van der Waals surface area contributed by atoms with Gasteiger partial charge in [-0.2, -0.15) is 5.26 Å². The molecule has 0 aromatic heterocycles. The van der Waals surface area contributed by atoms with Gasteiger partial charge in [0.25, 0.3) is 0 Å². The molecule has 0 heterocycles. The van der Waals surface area contributed by atoms with Crippen molar-refractivity contribution < 1.29 is 9.84 Å². The summed E-state index contributed by atoms with van der Waals surface area (Å²) in [5.74, 6) is 0.657. The molecule has 1 atom stereocenters. The van der Waals surface area contributed by atoms with Crippen molar-refractivity contribution in [2.75, 3.05) is 6.61 Å². The van der Waals surface area contributed by atoms with Crippen LogP contribution in [0.2, 0.25) is 0 Å². The lowest BCUT2D eigenvalue weighted by molar-refractivity contribution is 0.232. The fraction of sp³-hybridized carbons (Fsp3) is 0.308. The molecule has 0 fully saturated rings. The van der Waals surface area contributed by atoms with Crippen molar-refractivity contribution in [2.45, 2.75) is 20.0 Å². The Balaban J connectivity index is 2.95. The normalized spacial score (nSPS) is 13.0. The largest absolute Gasteiger partial charge is 0.478 e. The van der Waals surface area contributed by atoms with Crippen LogP contribution in [0, 0.1) is 11.3 Å².